The molecule has 0 aliphatic heterocycles. The minimum Gasteiger partial charge on any atom is -0.393 e. The average Bonchev–Trinajstić information content (AvgIpc) is 2.33. The van der Waals surface area contributed by atoms with Crippen molar-refractivity contribution in [2.24, 2.45) is 11.8 Å². The first kappa shape index (κ1) is 13.4. The third-order valence-electron chi connectivity index (χ3n) is 5.00. The van der Waals surface area contributed by atoms with Gasteiger partial charge in [0, 0.05) is 12.6 Å². The molecule has 0 aromatic carbocycles. The van der Waals surface area contributed by atoms with Gasteiger partial charge in [-0.05, 0) is 57.4 Å². The van der Waals surface area contributed by atoms with Crippen LogP contribution in [0.15, 0.2) is 0 Å². The molecule has 0 saturated heterocycles. The maximum absolute atomic E-state index is 10.0. The maximum Gasteiger partial charge on any atom is 0.0580 e. The van der Waals surface area contributed by atoms with Crippen molar-refractivity contribution in [3.63, 3.8) is 0 Å². The van der Waals surface area contributed by atoms with Gasteiger partial charge in [0.05, 0.1) is 6.10 Å². The minimum atomic E-state index is -0.0336. The van der Waals surface area contributed by atoms with Gasteiger partial charge in [0.25, 0.3) is 0 Å². The lowest BCUT2D eigenvalue weighted by molar-refractivity contribution is 0.0372. The smallest absolute Gasteiger partial charge is 0.0580 e. The molecule has 0 amide bonds. The second kappa shape index (κ2) is 6.19. The third-order valence-corrected chi connectivity index (χ3v) is 5.00. The van der Waals surface area contributed by atoms with Crippen molar-refractivity contribution in [1.29, 1.82) is 0 Å². The van der Waals surface area contributed by atoms with Crippen LogP contribution in [0.4, 0.5) is 0 Å². The Bertz CT molecular complexity index is 223. The van der Waals surface area contributed by atoms with E-state index in [1.54, 1.807) is 0 Å². The molecule has 2 unspecified atom stereocenters. The number of aliphatic hydroxyl groups is 1. The molecule has 17 heavy (non-hydrogen) atoms. The summed E-state index contributed by atoms with van der Waals surface area (Å²) in [5, 5.41) is 10.0. The Morgan fingerprint density at radius 3 is 2.29 bits per heavy atom. The Balaban J connectivity index is 1.77. The second-order valence-electron chi connectivity index (χ2n) is 6.47. The Hall–Kier alpha value is -0.0800. The molecule has 2 aliphatic carbocycles. The van der Waals surface area contributed by atoms with Gasteiger partial charge in [-0.15, -0.1) is 0 Å². The molecule has 2 aliphatic rings. The minimum absolute atomic E-state index is 0.0336. The van der Waals surface area contributed by atoms with Gasteiger partial charge in [-0.3, -0.25) is 0 Å². The van der Waals surface area contributed by atoms with Gasteiger partial charge in [-0.2, -0.15) is 0 Å². The third kappa shape index (κ3) is 3.69. The van der Waals surface area contributed by atoms with Crippen molar-refractivity contribution in [2.45, 2.75) is 70.4 Å². The fraction of sp³-hybridized carbons (Fsp3) is 1.00. The molecular formula is C15H29NO. The molecule has 100 valence electrons. The lowest BCUT2D eigenvalue weighted by Crippen LogP contribution is -2.41. The van der Waals surface area contributed by atoms with Gasteiger partial charge in [-0.25, -0.2) is 0 Å². The molecule has 0 spiro atoms. The standard InChI is InChI=1S/C15H29NO/c1-12-7-9-14(10-8-12)16(2)11-13-5-3-4-6-15(13)17/h12-15,17H,3-11H2,1-2H3. The van der Waals surface area contributed by atoms with Crippen molar-refractivity contribution < 1.29 is 5.11 Å². The van der Waals surface area contributed by atoms with Crippen LogP contribution in [0.25, 0.3) is 0 Å². The zero-order valence-corrected chi connectivity index (χ0v) is 11.6. The summed E-state index contributed by atoms with van der Waals surface area (Å²) in [6.07, 6.45) is 10.3. The number of hydrogen-bond acceptors (Lipinski definition) is 2. The highest BCUT2D eigenvalue weighted by molar-refractivity contribution is 4.81. The van der Waals surface area contributed by atoms with E-state index in [-0.39, 0.29) is 6.10 Å². The zero-order valence-electron chi connectivity index (χ0n) is 11.6. The molecule has 0 aromatic heterocycles. The second-order valence-corrected chi connectivity index (χ2v) is 6.47. The van der Waals surface area contributed by atoms with Crippen molar-refractivity contribution in [3.8, 4) is 0 Å². The highest BCUT2D eigenvalue weighted by Gasteiger charge is 2.27. The van der Waals surface area contributed by atoms with Crippen LogP contribution in [0.1, 0.15) is 58.3 Å². The van der Waals surface area contributed by atoms with E-state index in [0.29, 0.717) is 5.92 Å². The monoisotopic (exact) mass is 239 g/mol. The van der Waals surface area contributed by atoms with Crippen LogP contribution >= 0.6 is 0 Å². The summed E-state index contributed by atoms with van der Waals surface area (Å²) >= 11 is 0. The van der Waals surface area contributed by atoms with Crippen LogP contribution in [-0.4, -0.2) is 35.7 Å². The fourth-order valence-electron chi connectivity index (χ4n) is 3.60. The van der Waals surface area contributed by atoms with Crippen molar-refractivity contribution >= 4 is 0 Å². The number of aliphatic hydroxyl groups excluding tert-OH is 1. The van der Waals surface area contributed by atoms with E-state index in [0.717, 1.165) is 24.9 Å². The fourth-order valence-corrected chi connectivity index (χ4v) is 3.60. The molecule has 0 radical (unpaired) electrons. The van der Waals surface area contributed by atoms with Gasteiger partial charge >= 0.3 is 0 Å². The lowest BCUT2D eigenvalue weighted by atomic mass is 9.84. The zero-order chi connectivity index (χ0) is 12.3. The quantitative estimate of drug-likeness (QED) is 0.818. The first-order chi connectivity index (χ1) is 8.16. The van der Waals surface area contributed by atoms with Crippen LogP contribution in [0.2, 0.25) is 0 Å². The molecule has 2 rings (SSSR count). The van der Waals surface area contributed by atoms with E-state index in [1.165, 1.54) is 44.9 Å². The summed E-state index contributed by atoms with van der Waals surface area (Å²) in [4.78, 5) is 2.53. The Morgan fingerprint density at radius 2 is 1.65 bits per heavy atom. The Labute approximate surface area is 106 Å². The molecule has 1 N–H and O–H groups in total. The Kier molecular flexibility index (Phi) is 4.87. The van der Waals surface area contributed by atoms with E-state index < -0.39 is 0 Å². The summed E-state index contributed by atoms with van der Waals surface area (Å²) in [6, 6.07) is 0.778. The highest BCUT2D eigenvalue weighted by atomic mass is 16.3. The van der Waals surface area contributed by atoms with Gasteiger partial charge in [0.1, 0.15) is 0 Å². The van der Waals surface area contributed by atoms with Crippen LogP contribution in [0, 0.1) is 11.8 Å². The molecular weight excluding hydrogens is 210 g/mol. The molecule has 2 heteroatoms. The topological polar surface area (TPSA) is 23.5 Å². The van der Waals surface area contributed by atoms with E-state index in [4.69, 9.17) is 0 Å². The molecule has 2 nitrogen and oxygen atoms in total. The SMILES string of the molecule is CC1CCC(N(C)CC2CCCCC2O)CC1. The van der Waals surface area contributed by atoms with Gasteiger partial charge < -0.3 is 10.0 Å². The number of rotatable bonds is 3. The average molecular weight is 239 g/mol. The summed E-state index contributed by atoms with van der Waals surface area (Å²) < 4.78 is 0. The summed E-state index contributed by atoms with van der Waals surface area (Å²) in [7, 11) is 2.27. The van der Waals surface area contributed by atoms with Gasteiger partial charge in [-0.1, -0.05) is 19.8 Å². The highest BCUT2D eigenvalue weighted by Crippen LogP contribution is 2.29. The molecule has 2 atom stereocenters. The van der Waals surface area contributed by atoms with E-state index in [2.05, 4.69) is 18.9 Å². The number of hydrogen-bond donors (Lipinski definition) is 1. The molecule has 2 fully saturated rings. The van der Waals surface area contributed by atoms with Gasteiger partial charge in [0.2, 0.25) is 0 Å². The summed E-state index contributed by atoms with van der Waals surface area (Å²) in [5.74, 6) is 1.47. The van der Waals surface area contributed by atoms with E-state index >= 15 is 0 Å². The van der Waals surface area contributed by atoms with Crippen molar-refractivity contribution in [1.82, 2.24) is 4.90 Å². The summed E-state index contributed by atoms with van der Waals surface area (Å²) in [5.41, 5.74) is 0. The predicted molar refractivity (Wildman–Crippen MR) is 72.0 cm³/mol. The van der Waals surface area contributed by atoms with E-state index in [9.17, 15) is 5.11 Å². The van der Waals surface area contributed by atoms with E-state index in [1.807, 2.05) is 0 Å². The van der Waals surface area contributed by atoms with Gasteiger partial charge in [0.15, 0.2) is 0 Å². The van der Waals surface area contributed by atoms with Crippen LogP contribution in [0.3, 0.4) is 0 Å². The van der Waals surface area contributed by atoms with Crippen molar-refractivity contribution in [3.05, 3.63) is 0 Å². The largest absolute Gasteiger partial charge is 0.393 e. The lowest BCUT2D eigenvalue weighted by Gasteiger charge is -2.37. The predicted octanol–water partition coefficient (Wildman–Crippen LogP) is 3.05. The first-order valence-electron chi connectivity index (χ1n) is 7.55. The molecule has 0 heterocycles. The number of nitrogens with zero attached hydrogens (tertiary/aromatic N) is 1. The van der Waals surface area contributed by atoms with Crippen LogP contribution in [0.5, 0.6) is 0 Å². The van der Waals surface area contributed by atoms with Crippen LogP contribution in [-0.2, 0) is 0 Å². The molecule has 0 bridgehead atoms. The maximum atomic E-state index is 10.0. The molecule has 0 aromatic rings. The molecule has 2 saturated carbocycles. The first-order valence-corrected chi connectivity index (χ1v) is 7.55. The Morgan fingerprint density at radius 1 is 1.00 bits per heavy atom. The summed E-state index contributed by atoms with van der Waals surface area (Å²) in [6.45, 7) is 3.49. The van der Waals surface area contributed by atoms with Crippen molar-refractivity contribution in [2.75, 3.05) is 13.6 Å². The van der Waals surface area contributed by atoms with Crippen LogP contribution < -0.4 is 0 Å². The normalized spacial score (nSPS) is 39.5.